The number of rotatable bonds is 6. The Morgan fingerprint density at radius 2 is 1.85 bits per heavy atom. The predicted octanol–water partition coefficient (Wildman–Crippen LogP) is 3.46. The smallest absolute Gasteiger partial charge is 0.115 e. The number of phenols is 1. The maximum atomic E-state index is 9.57. The zero-order valence-corrected chi connectivity index (χ0v) is 12.3. The van der Waals surface area contributed by atoms with Gasteiger partial charge in [0.2, 0.25) is 0 Å². The van der Waals surface area contributed by atoms with Gasteiger partial charge in [0.05, 0.1) is 0 Å². The summed E-state index contributed by atoms with van der Waals surface area (Å²) < 4.78 is 0. The van der Waals surface area contributed by atoms with E-state index >= 15 is 0 Å². The highest BCUT2D eigenvalue weighted by molar-refractivity contribution is 5.29. The summed E-state index contributed by atoms with van der Waals surface area (Å²) in [6, 6.07) is 16.5. The van der Waals surface area contributed by atoms with E-state index in [2.05, 4.69) is 49.5 Å². The van der Waals surface area contributed by atoms with E-state index in [4.69, 9.17) is 0 Å². The van der Waals surface area contributed by atoms with E-state index in [0.29, 0.717) is 11.8 Å². The van der Waals surface area contributed by atoms with Crippen molar-refractivity contribution in [3.63, 3.8) is 0 Å². The number of aryl methyl sites for hydroxylation is 1. The largest absolute Gasteiger partial charge is 0.508 e. The summed E-state index contributed by atoms with van der Waals surface area (Å²) in [4.78, 5) is 0. The van der Waals surface area contributed by atoms with Crippen molar-refractivity contribution in [2.45, 2.75) is 32.7 Å². The molecular weight excluding hydrogens is 246 g/mol. The van der Waals surface area contributed by atoms with E-state index in [1.165, 1.54) is 16.7 Å². The molecule has 1 atom stereocenters. The van der Waals surface area contributed by atoms with E-state index in [1.807, 2.05) is 12.1 Å². The number of likely N-dealkylation sites (N-methyl/N-ethyl adjacent to an activating group) is 1. The van der Waals surface area contributed by atoms with Crippen LogP contribution in [0.2, 0.25) is 0 Å². The molecule has 1 unspecified atom stereocenters. The second-order valence-corrected chi connectivity index (χ2v) is 5.26. The number of benzene rings is 2. The average molecular weight is 269 g/mol. The van der Waals surface area contributed by atoms with Crippen LogP contribution in [0.15, 0.2) is 48.5 Å². The van der Waals surface area contributed by atoms with Crippen LogP contribution in [0, 0.1) is 6.92 Å². The first-order chi connectivity index (χ1) is 9.69. The van der Waals surface area contributed by atoms with Gasteiger partial charge in [-0.15, -0.1) is 0 Å². The zero-order chi connectivity index (χ0) is 14.4. The Morgan fingerprint density at radius 3 is 2.55 bits per heavy atom. The fraction of sp³-hybridized carbons (Fsp3) is 0.333. The summed E-state index contributed by atoms with van der Waals surface area (Å²) in [5.74, 6) is 0.341. The lowest BCUT2D eigenvalue weighted by Crippen LogP contribution is -2.33. The molecule has 0 aliphatic rings. The Bertz CT molecular complexity index is 551. The Morgan fingerprint density at radius 1 is 1.05 bits per heavy atom. The van der Waals surface area contributed by atoms with Gasteiger partial charge in [0.25, 0.3) is 0 Å². The summed E-state index contributed by atoms with van der Waals surface area (Å²) in [5, 5.41) is 13.1. The fourth-order valence-corrected chi connectivity index (χ4v) is 2.58. The number of hydrogen-bond acceptors (Lipinski definition) is 2. The van der Waals surface area contributed by atoms with Gasteiger partial charge in [-0.3, -0.25) is 0 Å². The Labute approximate surface area is 121 Å². The summed E-state index contributed by atoms with van der Waals surface area (Å²) in [6.07, 6.45) is 1.94. The van der Waals surface area contributed by atoms with Gasteiger partial charge in [-0.2, -0.15) is 0 Å². The fourth-order valence-electron chi connectivity index (χ4n) is 2.58. The topological polar surface area (TPSA) is 32.3 Å². The Balaban J connectivity index is 2.09. The minimum atomic E-state index is 0.341. The van der Waals surface area contributed by atoms with Gasteiger partial charge in [0.15, 0.2) is 0 Å². The SMILES string of the molecule is CCNC(Cc1cccc(O)c1)Cc1ccccc1C. The third-order valence-corrected chi connectivity index (χ3v) is 3.61. The monoisotopic (exact) mass is 269 g/mol. The molecular formula is C18H23NO. The molecule has 2 aromatic carbocycles. The normalized spacial score (nSPS) is 12.3. The molecule has 2 aromatic rings. The molecule has 2 heteroatoms. The molecule has 0 radical (unpaired) electrons. The number of hydrogen-bond donors (Lipinski definition) is 2. The van der Waals surface area contributed by atoms with Crippen LogP contribution in [-0.2, 0) is 12.8 Å². The van der Waals surface area contributed by atoms with Gasteiger partial charge < -0.3 is 10.4 Å². The molecule has 0 aromatic heterocycles. The first-order valence-electron chi connectivity index (χ1n) is 7.25. The van der Waals surface area contributed by atoms with E-state index < -0.39 is 0 Å². The van der Waals surface area contributed by atoms with E-state index in [-0.39, 0.29) is 0 Å². The highest BCUT2D eigenvalue weighted by Crippen LogP contribution is 2.16. The Hall–Kier alpha value is -1.80. The van der Waals surface area contributed by atoms with Crippen LogP contribution in [0.1, 0.15) is 23.6 Å². The predicted molar refractivity (Wildman–Crippen MR) is 84.2 cm³/mol. The minimum absolute atomic E-state index is 0.341. The molecule has 0 amide bonds. The van der Waals surface area contributed by atoms with E-state index in [1.54, 1.807) is 6.07 Å². The second kappa shape index (κ2) is 7.11. The van der Waals surface area contributed by atoms with Crippen molar-refractivity contribution in [1.29, 1.82) is 0 Å². The molecule has 20 heavy (non-hydrogen) atoms. The summed E-state index contributed by atoms with van der Waals surface area (Å²) in [6.45, 7) is 5.25. The van der Waals surface area contributed by atoms with Crippen LogP contribution in [0.25, 0.3) is 0 Å². The third kappa shape index (κ3) is 4.10. The molecule has 0 spiro atoms. The average Bonchev–Trinajstić information content (AvgIpc) is 2.42. The maximum Gasteiger partial charge on any atom is 0.115 e. The molecule has 2 nitrogen and oxygen atoms in total. The number of phenolic OH excluding ortho intramolecular Hbond substituents is 1. The summed E-state index contributed by atoms with van der Waals surface area (Å²) in [5.41, 5.74) is 3.90. The van der Waals surface area contributed by atoms with Gasteiger partial charge in [-0.1, -0.05) is 43.3 Å². The van der Waals surface area contributed by atoms with Crippen LogP contribution in [-0.4, -0.2) is 17.7 Å². The van der Waals surface area contributed by atoms with Crippen molar-refractivity contribution in [2.75, 3.05) is 6.54 Å². The van der Waals surface area contributed by atoms with Crippen LogP contribution in [0.5, 0.6) is 5.75 Å². The highest BCUT2D eigenvalue weighted by atomic mass is 16.3. The van der Waals surface area contributed by atoms with Gasteiger partial charge in [0.1, 0.15) is 5.75 Å². The molecule has 0 aliphatic heterocycles. The van der Waals surface area contributed by atoms with Crippen molar-refractivity contribution in [2.24, 2.45) is 0 Å². The molecule has 2 rings (SSSR count). The molecule has 0 bridgehead atoms. The van der Waals surface area contributed by atoms with Crippen LogP contribution < -0.4 is 5.32 Å². The first kappa shape index (κ1) is 14.6. The first-order valence-corrected chi connectivity index (χ1v) is 7.25. The van der Waals surface area contributed by atoms with Crippen molar-refractivity contribution < 1.29 is 5.11 Å². The molecule has 0 aliphatic carbocycles. The molecule has 0 saturated heterocycles. The van der Waals surface area contributed by atoms with Crippen LogP contribution in [0.4, 0.5) is 0 Å². The van der Waals surface area contributed by atoms with Crippen molar-refractivity contribution in [1.82, 2.24) is 5.32 Å². The lowest BCUT2D eigenvalue weighted by molar-refractivity contribution is 0.472. The molecule has 0 fully saturated rings. The standard InChI is InChI=1S/C18H23NO/c1-3-19-17(11-15-8-6-10-18(20)12-15)13-16-9-5-4-7-14(16)2/h4-10,12,17,19-20H,3,11,13H2,1-2H3. The minimum Gasteiger partial charge on any atom is -0.508 e. The zero-order valence-electron chi connectivity index (χ0n) is 12.3. The lowest BCUT2D eigenvalue weighted by atomic mass is 9.96. The van der Waals surface area contributed by atoms with Crippen molar-refractivity contribution in [3.8, 4) is 5.75 Å². The molecule has 106 valence electrons. The van der Waals surface area contributed by atoms with Gasteiger partial charge in [0, 0.05) is 6.04 Å². The van der Waals surface area contributed by atoms with Crippen molar-refractivity contribution in [3.05, 3.63) is 65.2 Å². The maximum absolute atomic E-state index is 9.57. The van der Waals surface area contributed by atoms with Gasteiger partial charge in [-0.05, 0) is 55.1 Å². The molecule has 0 saturated carbocycles. The van der Waals surface area contributed by atoms with Crippen molar-refractivity contribution >= 4 is 0 Å². The quantitative estimate of drug-likeness (QED) is 0.841. The van der Waals surface area contributed by atoms with E-state index in [0.717, 1.165) is 19.4 Å². The molecule has 0 heterocycles. The molecule has 2 N–H and O–H groups in total. The van der Waals surface area contributed by atoms with Gasteiger partial charge in [-0.25, -0.2) is 0 Å². The number of aromatic hydroxyl groups is 1. The lowest BCUT2D eigenvalue weighted by Gasteiger charge is -2.19. The van der Waals surface area contributed by atoms with E-state index in [9.17, 15) is 5.11 Å². The summed E-state index contributed by atoms with van der Waals surface area (Å²) in [7, 11) is 0. The second-order valence-electron chi connectivity index (χ2n) is 5.26. The summed E-state index contributed by atoms with van der Waals surface area (Å²) >= 11 is 0. The highest BCUT2D eigenvalue weighted by Gasteiger charge is 2.11. The van der Waals surface area contributed by atoms with Crippen LogP contribution in [0.3, 0.4) is 0 Å². The van der Waals surface area contributed by atoms with Gasteiger partial charge >= 0.3 is 0 Å². The van der Waals surface area contributed by atoms with Crippen LogP contribution >= 0.6 is 0 Å². The Kier molecular flexibility index (Phi) is 5.19. The number of nitrogens with one attached hydrogen (secondary N) is 1. The third-order valence-electron chi connectivity index (χ3n) is 3.61.